The van der Waals surface area contributed by atoms with Crippen molar-refractivity contribution >= 4 is 21.4 Å². The summed E-state index contributed by atoms with van der Waals surface area (Å²) >= 11 is 1.20. The van der Waals surface area contributed by atoms with Crippen molar-refractivity contribution < 1.29 is 13.5 Å². The van der Waals surface area contributed by atoms with Gasteiger partial charge in [0.15, 0.2) is 0 Å². The van der Waals surface area contributed by atoms with Gasteiger partial charge in [-0.1, -0.05) is 0 Å². The van der Waals surface area contributed by atoms with Crippen molar-refractivity contribution in [3.8, 4) is 0 Å². The number of hydrogen-bond acceptors (Lipinski definition) is 5. The van der Waals surface area contributed by atoms with Gasteiger partial charge in [-0.2, -0.15) is 0 Å². The Morgan fingerprint density at radius 3 is 2.62 bits per heavy atom. The summed E-state index contributed by atoms with van der Waals surface area (Å²) < 4.78 is 26.1. The fraction of sp³-hybridized carbons (Fsp3) is 0.556. The normalized spacial score (nSPS) is 16.0. The van der Waals surface area contributed by atoms with Crippen molar-refractivity contribution in [1.82, 2.24) is 4.72 Å². The third-order valence-electron chi connectivity index (χ3n) is 2.11. The summed E-state index contributed by atoms with van der Waals surface area (Å²) in [4.78, 5) is 0.931. The molecule has 2 unspecified atom stereocenters. The van der Waals surface area contributed by atoms with E-state index < -0.39 is 22.2 Å². The molecule has 0 saturated carbocycles. The molecule has 1 aromatic rings. The van der Waals surface area contributed by atoms with Crippen LogP contribution in [-0.4, -0.2) is 32.2 Å². The second-order valence-corrected chi connectivity index (χ2v) is 6.90. The lowest BCUT2D eigenvalue weighted by Gasteiger charge is -2.14. The Bertz CT molecular complexity index is 439. The number of aliphatic hydroxyl groups is 1. The standard InChI is InChI=1S/C9H16N2O3S2/c1-6-3-4-9(15-6)16(13,14)11-5-8(10)7(2)12/h3-4,7-8,11-12H,5,10H2,1-2H3. The molecule has 0 saturated heterocycles. The predicted molar refractivity (Wildman–Crippen MR) is 63.9 cm³/mol. The van der Waals surface area contributed by atoms with Crippen LogP contribution in [-0.2, 0) is 10.0 Å². The quantitative estimate of drug-likeness (QED) is 0.700. The smallest absolute Gasteiger partial charge is 0.250 e. The van der Waals surface area contributed by atoms with Crippen molar-refractivity contribution in [2.75, 3.05) is 6.54 Å². The number of rotatable bonds is 5. The highest BCUT2D eigenvalue weighted by molar-refractivity contribution is 7.91. The first kappa shape index (κ1) is 13.6. The Labute approximate surface area is 99.3 Å². The summed E-state index contributed by atoms with van der Waals surface area (Å²) in [6.07, 6.45) is -0.743. The number of nitrogens with two attached hydrogens (primary N) is 1. The number of thiophene rings is 1. The average molecular weight is 264 g/mol. The summed E-state index contributed by atoms with van der Waals surface area (Å²) in [7, 11) is -3.49. The zero-order valence-electron chi connectivity index (χ0n) is 9.17. The molecule has 0 amide bonds. The summed E-state index contributed by atoms with van der Waals surface area (Å²) in [5, 5.41) is 9.14. The van der Waals surface area contributed by atoms with Crippen molar-refractivity contribution in [2.24, 2.45) is 5.73 Å². The van der Waals surface area contributed by atoms with Gasteiger partial charge in [-0.05, 0) is 26.0 Å². The lowest BCUT2D eigenvalue weighted by molar-refractivity contribution is 0.164. The van der Waals surface area contributed by atoms with Gasteiger partial charge in [0, 0.05) is 17.5 Å². The molecule has 0 aliphatic rings. The minimum Gasteiger partial charge on any atom is -0.392 e. The number of nitrogens with one attached hydrogen (secondary N) is 1. The summed E-state index contributed by atoms with van der Waals surface area (Å²) in [5.41, 5.74) is 5.53. The average Bonchev–Trinajstić information content (AvgIpc) is 2.61. The molecule has 16 heavy (non-hydrogen) atoms. The van der Waals surface area contributed by atoms with Crippen LogP contribution < -0.4 is 10.5 Å². The van der Waals surface area contributed by atoms with Gasteiger partial charge in [-0.15, -0.1) is 11.3 Å². The predicted octanol–water partition coefficient (Wildman–Crippen LogP) is 0.0429. The molecule has 2 atom stereocenters. The molecule has 0 aliphatic carbocycles. The van der Waals surface area contributed by atoms with Gasteiger partial charge in [0.05, 0.1) is 6.10 Å². The van der Waals surface area contributed by atoms with Gasteiger partial charge in [0.2, 0.25) is 10.0 Å². The molecule has 92 valence electrons. The van der Waals surface area contributed by atoms with Gasteiger partial charge >= 0.3 is 0 Å². The zero-order chi connectivity index (χ0) is 12.3. The van der Waals surface area contributed by atoms with Crippen LogP contribution in [0.3, 0.4) is 0 Å². The van der Waals surface area contributed by atoms with Crippen LogP contribution in [0.2, 0.25) is 0 Å². The van der Waals surface area contributed by atoms with Crippen molar-refractivity contribution in [2.45, 2.75) is 30.2 Å². The first-order valence-electron chi connectivity index (χ1n) is 4.82. The van der Waals surface area contributed by atoms with E-state index in [1.165, 1.54) is 18.3 Å². The summed E-state index contributed by atoms with van der Waals surface area (Å²) in [5.74, 6) is 0. The van der Waals surface area contributed by atoms with Crippen LogP contribution in [0.5, 0.6) is 0 Å². The molecule has 5 nitrogen and oxygen atoms in total. The van der Waals surface area contributed by atoms with E-state index in [9.17, 15) is 8.42 Å². The second-order valence-electron chi connectivity index (χ2n) is 3.62. The van der Waals surface area contributed by atoms with Gasteiger partial charge in [0.1, 0.15) is 4.21 Å². The van der Waals surface area contributed by atoms with E-state index in [4.69, 9.17) is 10.8 Å². The fourth-order valence-electron chi connectivity index (χ4n) is 1.00. The van der Waals surface area contributed by atoms with E-state index in [2.05, 4.69) is 4.72 Å². The Morgan fingerprint density at radius 2 is 2.19 bits per heavy atom. The maximum atomic E-state index is 11.7. The van der Waals surface area contributed by atoms with Gasteiger partial charge in [-0.3, -0.25) is 0 Å². The first-order valence-corrected chi connectivity index (χ1v) is 7.12. The molecule has 1 heterocycles. The maximum absolute atomic E-state index is 11.7. The minimum atomic E-state index is -3.49. The molecule has 0 bridgehead atoms. The maximum Gasteiger partial charge on any atom is 0.250 e. The van der Waals surface area contributed by atoms with Gasteiger partial charge in [0.25, 0.3) is 0 Å². The first-order chi connectivity index (χ1) is 7.33. The van der Waals surface area contributed by atoms with E-state index >= 15 is 0 Å². The van der Waals surface area contributed by atoms with Crippen LogP contribution >= 0.6 is 11.3 Å². The highest BCUT2D eigenvalue weighted by Crippen LogP contribution is 2.20. The van der Waals surface area contributed by atoms with Crippen LogP contribution in [0.4, 0.5) is 0 Å². The SMILES string of the molecule is Cc1ccc(S(=O)(=O)NCC(N)C(C)O)s1. The van der Waals surface area contributed by atoms with E-state index in [1.54, 1.807) is 12.1 Å². The van der Waals surface area contributed by atoms with Crippen molar-refractivity contribution in [3.05, 3.63) is 17.0 Å². The largest absolute Gasteiger partial charge is 0.392 e. The highest BCUT2D eigenvalue weighted by Gasteiger charge is 2.18. The molecule has 7 heteroatoms. The molecular weight excluding hydrogens is 248 g/mol. The Kier molecular flexibility index (Phi) is 4.45. The number of sulfonamides is 1. The van der Waals surface area contributed by atoms with Crippen LogP contribution in [0.15, 0.2) is 16.3 Å². The molecule has 4 N–H and O–H groups in total. The van der Waals surface area contributed by atoms with Crippen molar-refractivity contribution in [1.29, 1.82) is 0 Å². The molecule has 1 rings (SSSR count). The summed E-state index contributed by atoms with van der Waals surface area (Å²) in [6, 6.07) is 2.69. The van der Waals surface area contributed by atoms with Crippen LogP contribution in [0, 0.1) is 6.92 Å². The monoisotopic (exact) mass is 264 g/mol. The van der Waals surface area contributed by atoms with E-state index in [0.29, 0.717) is 0 Å². The van der Waals surface area contributed by atoms with Crippen molar-refractivity contribution in [3.63, 3.8) is 0 Å². The number of hydrogen-bond donors (Lipinski definition) is 3. The minimum absolute atomic E-state index is 0.0247. The van der Waals surface area contributed by atoms with E-state index in [-0.39, 0.29) is 10.8 Å². The molecule has 0 radical (unpaired) electrons. The Hall–Kier alpha value is -0.470. The van der Waals surface area contributed by atoms with E-state index in [1.807, 2.05) is 6.92 Å². The topological polar surface area (TPSA) is 92.4 Å². The fourth-order valence-corrected chi connectivity index (χ4v) is 3.40. The van der Waals surface area contributed by atoms with Gasteiger partial charge in [-0.25, -0.2) is 13.1 Å². The molecule has 0 aromatic carbocycles. The molecular formula is C9H16N2O3S2. The second kappa shape index (κ2) is 5.24. The Balaban J connectivity index is 2.67. The molecule has 0 aliphatic heterocycles. The molecule has 0 spiro atoms. The Morgan fingerprint density at radius 1 is 1.56 bits per heavy atom. The van der Waals surface area contributed by atoms with Gasteiger partial charge < -0.3 is 10.8 Å². The molecule has 0 fully saturated rings. The third kappa shape index (κ3) is 3.53. The molecule has 1 aromatic heterocycles. The lowest BCUT2D eigenvalue weighted by Crippen LogP contribution is -2.43. The highest BCUT2D eigenvalue weighted by atomic mass is 32.2. The van der Waals surface area contributed by atoms with E-state index in [0.717, 1.165) is 4.88 Å². The van der Waals surface area contributed by atoms with Crippen LogP contribution in [0.1, 0.15) is 11.8 Å². The number of aryl methyl sites for hydroxylation is 1. The summed E-state index contributed by atoms with van der Waals surface area (Å²) in [6.45, 7) is 3.39. The van der Waals surface area contributed by atoms with Crippen LogP contribution in [0.25, 0.3) is 0 Å². The lowest BCUT2D eigenvalue weighted by atomic mass is 10.2. The zero-order valence-corrected chi connectivity index (χ0v) is 10.8. The third-order valence-corrected chi connectivity index (χ3v) is 5.03. The number of aliphatic hydroxyl groups excluding tert-OH is 1.